The molecule has 0 radical (unpaired) electrons. The molecular weight excluding hydrogens is 268 g/mol. The summed E-state index contributed by atoms with van der Waals surface area (Å²) in [5, 5.41) is 9.15. The van der Waals surface area contributed by atoms with E-state index in [-0.39, 0.29) is 18.3 Å². The maximum absolute atomic E-state index is 9.15. The van der Waals surface area contributed by atoms with E-state index in [1.807, 2.05) is 18.2 Å². The summed E-state index contributed by atoms with van der Waals surface area (Å²) in [6.45, 7) is 0.571. The fourth-order valence-electron chi connectivity index (χ4n) is 3.51. The number of benzene rings is 1. The summed E-state index contributed by atoms with van der Waals surface area (Å²) >= 11 is 0. The van der Waals surface area contributed by atoms with Crippen LogP contribution in [0.15, 0.2) is 18.2 Å². The molecule has 0 aromatic heterocycles. The topological polar surface area (TPSA) is 47.9 Å². The van der Waals surface area contributed by atoms with Gasteiger partial charge in [0.15, 0.2) is 11.5 Å². The lowest BCUT2D eigenvalue weighted by Gasteiger charge is -2.24. The Bertz CT molecular complexity index is 480. The zero-order valence-electron chi connectivity index (χ0n) is 12.6. The van der Waals surface area contributed by atoms with Crippen LogP contribution in [-0.4, -0.2) is 30.5 Å². The van der Waals surface area contributed by atoms with Gasteiger partial charge in [0.1, 0.15) is 6.61 Å². The van der Waals surface area contributed by atoms with Crippen molar-refractivity contribution in [2.75, 3.05) is 13.7 Å². The minimum Gasteiger partial charge on any atom is -0.493 e. The monoisotopic (exact) mass is 292 g/mol. The zero-order valence-corrected chi connectivity index (χ0v) is 12.6. The molecule has 1 saturated heterocycles. The van der Waals surface area contributed by atoms with Crippen LogP contribution in [0.1, 0.15) is 44.1 Å². The van der Waals surface area contributed by atoms with Gasteiger partial charge in [-0.2, -0.15) is 0 Å². The molecule has 21 heavy (non-hydrogen) atoms. The average molecular weight is 292 g/mol. The molecular formula is C17H24O4. The van der Waals surface area contributed by atoms with E-state index in [1.165, 1.54) is 32.1 Å². The van der Waals surface area contributed by atoms with Crippen LogP contribution in [0, 0.1) is 0 Å². The van der Waals surface area contributed by atoms with E-state index in [2.05, 4.69) is 0 Å². The summed E-state index contributed by atoms with van der Waals surface area (Å²) in [7, 11) is 1.61. The molecule has 1 aliphatic heterocycles. The van der Waals surface area contributed by atoms with Crippen LogP contribution in [0.5, 0.6) is 11.5 Å². The predicted octanol–water partition coefficient (Wildman–Crippen LogP) is 3.06. The minimum atomic E-state index is 0.00486. The third kappa shape index (κ3) is 3.16. The highest BCUT2D eigenvalue weighted by Gasteiger charge is 2.42. The van der Waals surface area contributed by atoms with Gasteiger partial charge in [-0.05, 0) is 43.4 Å². The first-order valence-corrected chi connectivity index (χ1v) is 7.83. The van der Waals surface area contributed by atoms with Gasteiger partial charge in [0.2, 0.25) is 0 Å². The fourth-order valence-corrected chi connectivity index (χ4v) is 3.51. The molecule has 2 aliphatic rings. The van der Waals surface area contributed by atoms with Crippen LogP contribution in [0.3, 0.4) is 0 Å². The molecule has 116 valence electrons. The van der Waals surface area contributed by atoms with Crippen molar-refractivity contribution in [3.8, 4) is 11.5 Å². The van der Waals surface area contributed by atoms with E-state index in [0.29, 0.717) is 18.1 Å². The zero-order chi connectivity index (χ0) is 14.7. The molecule has 1 heterocycles. The number of aliphatic hydroxyl groups excluding tert-OH is 1. The summed E-state index contributed by atoms with van der Waals surface area (Å²) in [4.78, 5) is 0. The maximum atomic E-state index is 9.15. The quantitative estimate of drug-likeness (QED) is 0.906. The van der Waals surface area contributed by atoms with E-state index in [4.69, 9.17) is 19.3 Å². The number of rotatable bonds is 5. The van der Waals surface area contributed by atoms with Crippen molar-refractivity contribution in [1.29, 1.82) is 0 Å². The van der Waals surface area contributed by atoms with Gasteiger partial charge in [0.25, 0.3) is 0 Å². The smallest absolute Gasteiger partial charge is 0.161 e. The Balaban J connectivity index is 1.58. The lowest BCUT2D eigenvalue weighted by atomic mass is 9.98. The van der Waals surface area contributed by atoms with Gasteiger partial charge in [-0.1, -0.05) is 18.9 Å². The van der Waals surface area contributed by atoms with Crippen LogP contribution < -0.4 is 9.47 Å². The van der Waals surface area contributed by atoms with Gasteiger partial charge in [0.05, 0.1) is 25.4 Å². The summed E-state index contributed by atoms with van der Waals surface area (Å²) in [6.07, 6.45) is 7.44. The van der Waals surface area contributed by atoms with E-state index >= 15 is 0 Å². The van der Waals surface area contributed by atoms with Crippen molar-refractivity contribution in [2.45, 2.75) is 56.8 Å². The van der Waals surface area contributed by atoms with Crippen molar-refractivity contribution in [1.82, 2.24) is 0 Å². The summed E-state index contributed by atoms with van der Waals surface area (Å²) in [6, 6.07) is 5.51. The molecule has 1 unspecified atom stereocenters. The molecule has 4 nitrogen and oxygen atoms in total. The average Bonchev–Trinajstić information content (AvgIpc) is 3.15. The first-order valence-electron chi connectivity index (χ1n) is 7.83. The number of methoxy groups -OCH3 is 1. The third-order valence-corrected chi connectivity index (χ3v) is 4.69. The third-order valence-electron chi connectivity index (χ3n) is 4.69. The standard InChI is InChI=1S/C17H24O4/c1-19-16-10-13(11-18)4-5-15(16)20-12-14-6-9-17(21-14)7-2-3-8-17/h4-5,10,14,18H,2-3,6-9,11-12H2,1H3. The van der Waals surface area contributed by atoms with Gasteiger partial charge < -0.3 is 19.3 Å². The van der Waals surface area contributed by atoms with E-state index in [1.54, 1.807) is 7.11 Å². The van der Waals surface area contributed by atoms with E-state index < -0.39 is 0 Å². The Morgan fingerprint density at radius 1 is 1.24 bits per heavy atom. The number of ether oxygens (including phenoxy) is 3. The largest absolute Gasteiger partial charge is 0.493 e. The SMILES string of the molecule is COc1cc(CO)ccc1OCC1CCC2(CCCC2)O1. The van der Waals surface area contributed by atoms with Crippen LogP contribution in [-0.2, 0) is 11.3 Å². The van der Waals surface area contributed by atoms with Crippen molar-refractivity contribution in [3.63, 3.8) is 0 Å². The molecule has 1 spiro atoms. The van der Waals surface area contributed by atoms with Gasteiger partial charge in [0, 0.05) is 0 Å². The Hall–Kier alpha value is -1.26. The van der Waals surface area contributed by atoms with E-state index in [0.717, 1.165) is 12.0 Å². The molecule has 1 N–H and O–H groups in total. The highest BCUT2D eigenvalue weighted by Crippen LogP contribution is 2.43. The van der Waals surface area contributed by atoms with Crippen molar-refractivity contribution in [2.24, 2.45) is 0 Å². The molecule has 1 aromatic carbocycles. The first kappa shape index (κ1) is 14.7. The van der Waals surface area contributed by atoms with Gasteiger partial charge in [-0.25, -0.2) is 0 Å². The molecule has 4 heteroatoms. The fraction of sp³-hybridized carbons (Fsp3) is 0.647. The number of aliphatic hydroxyl groups is 1. The maximum Gasteiger partial charge on any atom is 0.161 e. The lowest BCUT2D eigenvalue weighted by Crippen LogP contribution is -2.27. The number of hydrogen-bond acceptors (Lipinski definition) is 4. The second kappa shape index (κ2) is 6.24. The highest BCUT2D eigenvalue weighted by molar-refractivity contribution is 5.42. The van der Waals surface area contributed by atoms with Crippen molar-refractivity contribution < 1.29 is 19.3 Å². The second-order valence-electron chi connectivity index (χ2n) is 6.12. The second-order valence-corrected chi connectivity index (χ2v) is 6.12. The van der Waals surface area contributed by atoms with Crippen molar-refractivity contribution >= 4 is 0 Å². The molecule has 2 fully saturated rings. The highest BCUT2D eigenvalue weighted by atomic mass is 16.6. The Morgan fingerprint density at radius 2 is 2.05 bits per heavy atom. The predicted molar refractivity (Wildman–Crippen MR) is 79.7 cm³/mol. The molecule has 1 saturated carbocycles. The molecule has 1 aliphatic carbocycles. The molecule has 3 rings (SSSR count). The van der Waals surface area contributed by atoms with Crippen LogP contribution in [0.25, 0.3) is 0 Å². The van der Waals surface area contributed by atoms with E-state index in [9.17, 15) is 0 Å². The summed E-state index contributed by atoms with van der Waals surface area (Å²) < 4.78 is 17.4. The first-order chi connectivity index (χ1) is 10.2. The normalized spacial score (nSPS) is 23.6. The van der Waals surface area contributed by atoms with Crippen LogP contribution >= 0.6 is 0 Å². The Kier molecular flexibility index (Phi) is 4.36. The van der Waals surface area contributed by atoms with Gasteiger partial charge in [-0.15, -0.1) is 0 Å². The molecule has 0 bridgehead atoms. The van der Waals surface area contributed by atoms with Gasteiger partial charge in [-0.3, -0.25) is 0 Å². The summed E-state index contributed by atoms with van der Waals surface area (Å²) in [5.41, 5.74) is 0.972. The van der Waals surface area contributed by atoms with Gasteiger partial charge >= 0.3 is 0 Å². The summed E-state index contributed by atoms with van der Waals surface area (Å²) in [5.74, 6) is 1.38. The van der Waals surface area contributed by atoms with Crippen LogP contribution in [0.2, 0.25) is 0 Å². The minimum absolute atomic E-state index is 0.00486. The Labute approximate surface area is 126 Å². The van der Waals surface area contributed by atoms with Crippen LogP contribution in [0.4, 0.5) is 0 Å². The molecule has 0 amide bonds. The van der Waals surface area contributed by atoms with Crippen molar-refractivity contribution in [3.05, 3.63) is 23.8 Å². The molecule has 1 atom stereocenters. The lowest BCUT2D eigenvalue weighted by molar-refractivity contribution is -0.0510. The Morgan fingerprint density at radius 3 is 2.76 bits per heavy atom. The molecule has 1 aromatic rings. The number of hydrogen-bond donors (Lipinski definition) is 1.